The summed E-state index contributed by atoms with van der Waals surface area (Å²) in [6.07, 6.45) is -2.58. The SMILES string of the molecule is COCC(NC(=O)NCC(F)F)c1ccc(Cl)cc1. The van der Waals surface area contributed by atoms with E-state index in [1.807, 2.05) is 0 Å². The van der Waals surface area contributed by atoms with E-state index in [-0.39, 0.29) is 6.61 Å². The van der Waals surface area contributed by atoms with Crippen molar-refractivity contribution in [2.24, 2.45) is 0 Å². The molecule has 1 aromatic rings. The molecule has 2 amide bonds. The van der Waals surface area contributed by atoms with Crippen molar-refractivity contribution < 1.29 is 18.3 Å². The molecule has 0 bridgehead atoms. The second-order valence-corrected chi connectivity index (χ2v) is 4.24. The molecule has 2 N–H and O–H groups in total. The van der Waals surface area contributed by atoms with Crippen LogP contribution in [0, 0.1) is 0 Å². The van der Waals surface area contributed by atoms with Gasteiger partial charge in [-0.05, 0) is 17.7 Å². The van der Waals surface area contributed by atoms with Gasteiger partial charge in [0.2, 0.25) is 0 Å². The van der Waals surface area contributed by atoms with Crippen molar-refractivity contribution in [1.82, 2.24) is 10.6 Å². The Morgan fingerprint density at radius 1 is 1.37 bits per heavy atom. The molecule has 1 rings (SSSR count). The van der Waals surface area contributed by atoms with Crippen LogP contribution in [0.1, 0.15) is 11.6 Å². The Balaban J connectivity index is 2.62. The lowest BCUT2D eigenvalue weighted by Crippen LogP contribution is -2.41. The third kappa shape index (κ3) is 5.85. The quantitative estimate of drug-likeness (QED) is 0.847. The van der Waals surface area contributed by atoms with Crippen LogP contribution in [0.2, 0.25) is 5.02 Å². The normalized spacial score (nSPS) is 12.3. The van der Waals surface area contributed by atoms with Gasteiger partial charge in [-0.3, -0.25) is 0 Å². The number of benzene rings is 1. The van der Waals surface area contributed by atoms with Crippen molar-refractivity contribution in [3.8, 4) is 0 Å². The average molecular weight is 293 g/mol. The van der Waals surface area contributed by atoms with Crippen LogP contribution in [0.3, 0.4) is 0 Å². The van der Waals surface area contributed by atoms with E-state index in [2.05, 4.69) is 10.6 Å². The molecule has 0 aliphatic heterocycles. The second-order valence-electron chi connectivity index (χ2n) is 3.80. The van der Waals surface area contributed by atoms with Gasteiger partial charge in [-0.2, -0.15) is 0 Å². The number of carbonyl (C=O) groups is 1. The van der Waals surface area contributed by atoms with Crippen molar-refractivity contribution in [3.05, 3.63) is 34.9 Å². The van der Waals surface area contributed by atoms with Crippen LogP contribution in [0.5, 0.6) is 0 Å². The predicted octanol–water partition coefficient (Wildman–Crippen LogP) is 2.59. The highest BCUT2D eigenvalue weighted by Gasteiger charge is 2.15. The van der Waals surface area contributed by atoms with Crippen molar-refractivity contribution in [2.45, 2.75) is 12.5 Å². The van der Waals surface area contributed by atoms with Gasteiger partial charge in [-0.1, -0.05) is 23.7 Å². The van der Waals surface area contributed by atoms with Crippen LogP contribution in [0.25, 0.3) is 0 Å². The minimum atomic E-state index is -2.58. The maximum Gasteiger partial charge on any atom is 0.315 e. The van der Waals surface area contributed by atoms with Crippen molar-refractivity contribution in [2.75, 3.05) is 20.3 Å². The first kappa shape index (κ1) is 15.7. The third-order valence-electron chi connectivity index (χ3n) is 2.33. The van der Waals surface area contributed by atoms with Gasteiger partial charge in [0.15, 0.2) is 0 Å². The van der Waals surface area contributed by atoms with Gasteiger partial charge in [0, 0.05) is 12.1 Å². The predicted molar refractivity (Wildman–Crippen MR) is 68.6 cm³/mol. The molecule has 0 saturated heterocycles. The number of alkyl halides is 2. The lowest BCUT2D eigenvalue weighted by molar-refractivity contribution is 0.142. The fourth-order valence-corrected chi connectivity index (χ4v) is 1.59. The van der Waals surface area contributed by atoms with E-state index in [0.29, 0.717) is 5.02 Å². The fourth-order valence-electron chi connectivity index (χ4n) is 1.46. The summed E-state index contributed by atoms with van der Waals surface area (Å²) in [5, 5.41) is 5.20. The Hall–Kier alpha value is -1.40. The highest BCUT2D eigenvalue weighted by atomic mass is 35.5. The molecular formula is C12H15ClF2N2O2. The number of nitrogens with one attached hydrogen (secondary N) is 2. The summed E-state index contributed by atoms with van der Waals surface area (Å²) in [4.78, 5) is 11.4. The third-order valence-corrected chi connectivity index (χ3v) is 2.58. The van der Waals surface area contributed by atoms with Gasteiger partial charge in [0.25, 0.3) is 6.43 Å². The molecule has 19 heavy (non-hydrogen) atoms. The van der Waals surface area contributed by atoms with E-state index in [1.165, 1.54) is 7.11 Å². The van der Waals surface area contributed by atoms with Crippen molar-refractivity contribution in [3.63, 3.8) is 0 Å². The van der Waals surface area contributed by atoms with Crippen LogP contribution >= 0.6 is 11.6 Å². The summed E-state index contributed by atoms with van der Waals surface area (Å²) in [6, 6.07) is 5.73. The first-order chi connectivity index (χ1) is 9.02. The highest BCUT2D eigenvalue weighted by Crippen LogP contribution is 2.16. The Morgan fingerprint density at radius 3 is 2.53 bits per heavy atom. The van der Waals surface area contributed by atoms with Gasteiger partial charge in [0.1, 0.15) is 0 Å². The summed E-state index contributed by atoms with van der Waals surface area (Å²) in [6.45, 7) is -0.462. The summed E-state index contributed by atoms with van der Waals surface area (Å²) in [5.41, 5.74) is 0.776. The Labute approximate surface area is 115 Å². The highest BCUT2D eigenvalue weighted by molar-refractivity contribution is 6.30. The van der Waals surface area contributed by atoms with E-state index in [1.54, 1.807) is 24.3 Å². The smallest absolute Gasteiger partial charge is 0.315 e. The van der Waals surface area contributed by atoms with E-state index < -0.39 is 25.0 Å². The number of halogens is 3. The van der Waals surface area contributed by atoms with Crippen LogP contribution in [-0.4, -0.2) is 32.7 Å². The van der Waals surface area contributed by atoms with Crippen LogP contribution in [0.4, 0.5) is 13.6 Å². The van der Waals surface area contributed by atoms with E-state index in [9.17, 15) is 13.6 Å². The summed E-state index contributed by atoms with van der Waals surface area (Å²) < 4.78 is 28.9. The maximum absolute atomic E-state index is 12.0. The molecular weight excluding hydrogens is 278 g/mol. The first-order valence-corrected chi connectivity index (χ1v) is 5.97. The number of urea groups is 1. The number of rotatable bonds is 6. The molecule has 0 radical (unpaired) electrons. The zero-order chi connectivity index (χ0) is 14.3. The Morgan fingerprint density at radius 2 is 2.00 bits per heavy atom. The molecule has 0 saturated carbocycles. The monoisotopic (exact) mass is 292 g/mol. The largest absolute Gasteiger partial charge is 0.382 e. The molecule has 4 nitrogen and oxygen atoms in total. The van der Waals surface area contributed by atoms with Gasteiger partial charge < -0.3 is 15.4 Å². The Bertz CT molecular complexity index is 401. The number of hydrogen-bond donors (Lipinski definition) is 2. The zero-order valence-corrected chi connectivity index (χ0v) is 11.1. The number of methoxy groups -OCH3 is 1. The van der Waals surface area contributed by atoms with Gasteiger partial charge >= 0.3 is 6.03 Å². The summed E-state index contributed by atoms with van der Waals surface area (Å²) in [5.74, 6) is 0. The lowest BCUT2D eigenvalue weighted by Gasteiger charge is -2.18. The second kappa shape index (κ2) is 7.91. The number of ether oxygens (including phenoxy) is 1. The van der Waals surface area contributed by atoms with Crippen LogP contribution in [0.15, 0.2) is 24.3 Å². The first-order valence-electron chi connectivity index (χ1n) is 5.60. The number of carbonyl (C=O) groups excluding carboxylic acids is 1. The van der Waals surface area contributed by atoms with E-state index in [4.69, 9.17) is 16.3 Å². The molecule has 0 aromatic heterocycles. The molecule has 7 heteroatoms. The number of hydrogen-bond acceptors (Lipinski definition) is 2. The van der Waals surface area contributed by atoms with Crippen molar-refractivity contribution in [1.29, 1.82) is 0 Å². The molecule has 0 fully saturated rings. The fraction of sp³-hybridized carbons (Fsp3) is 0.417. The molecule has 1 aromatic carbocycles. The maximum atomic E-state index is 12.0. The molecule has 106 valence electrons. The molecule has 1 atom stereocenters. The van der Waals surface area contributed by atoms with Crippen LogP contribution in [-0.2, 0) is 4.74 Å². The van der Waals surface area contributed by atoms with Gasteiger partial charge in [-0.25, -0.2) is 13.6 Å². The molecule has 0 aliphatic carbocycles. The van der Waals surface area contributed by atoms with Gasteiger partial charge in [-0.15, -0.1) is 0 Å². The lowest BCUT2D eigenvalue weighted by atomic mass is 10.1. The van der Waals surface area contributed by atoms with Gasteiger partial charge in [0.05, 0.1) is 19.2 Å². The van der Waals surface area contributed by atoms with E-state index >= 15 is 0 Å². The van der Waals surface area contributed by atoms with Crippen LogP contribution < -0.4 is 10.6 Å². The minimum Gasteiger partial charge on any atom is -0.382 e. The molecule has 0 aliphatic rings. The number of amides is 2. The molecule has 1 unspecified atom stereocenters. The average Bonchev–Trinajstić information content (AvgIpc) is 2.37. The van der Waals surface area contributed by atoms with E-state index in [0.717, 1.165) is 5.56 Å². The summed E-state index contributed by atoms with van der Waals surface area (Å²) >= 11 is 5.77. The minimum absolute atomic E-state index is 0.226. The molecule has 0 heterocycles. The zero-order valence-electron chi connectivity index (χ0n) is 10.3. The topological polar surface area (TPSA) is 50.4 Å². The van der Waals surface area contributed by atoms with Crippen molar-refractivity contribution >= 4 is 17.6 Å². The summed E-state index contributed by atoms with van der Waals surface area (Å²) in [7, 11) is 1.49. The Kier molecular flexibility index (Phi) is 6.52. The molecule has 0 spiro atoms. The standard InChI is InChI=1S/C12H15ClF2N2O2/c1-19-7-10(8-2-4-9(13)5-3-8)17-12(18)16-6-11(14)15/h2-5,10-11H,6-7H2,1H3,(H2,16,17,18).